The molecule has 0 saturated carbocycles. The lowest BCUT2D eigenvalue weighted by atomic mass is 9.66. The fourth-order valence-electron chi connectivity index (χ4n) is 8.90. The van der Waals surface area contributed by atoms with Crippen molar-refractivity contribution >= 4 is 33.5 Å². The first kappa shape index (κ1) is 35.9. The van der Waals surface area contributed by atoms with Crippen LogP contribution in [0.3, 0.4) is 0 Å². The van der Waals surface area contributed by atoms with E-state index < -0.39 is 5.41 Å². The Kier molecular flexibility index (Phi) is 8.44. The quantitative estimate of drug-likeness (QED) is 0.170. The van der Waals surface area contributed by atoms with Crippen molar-refractivity contribution in [2.45, 2.75) is 57.8 Å². The summed E-state index contributed by atoms with van der Waals surface area (Å²) < 4.78 is 21.0. The van der Waals surface area contributed by atoms with Gasteiger partial charge < -0.3 is 9.47 Å². The summed E-state index contributed by atoms with van der Waals surface area (Å²) in [5.41, 5.74) is 15.9. The predicted molar refractivity (Wildman–Crippen MR) is 234 cm³/mol. The zero-order chi connectivity index (χ0) is 39.0. The van der Waals surface area contributed by atoms with Crippen molar-refractivity contribution in [3.63, 3.8) is 0 Å². The van der Waals surface area contributed by atoms with Crippen molar-refractivity contribution in [3.05, 3.63) is 167 Å². The maximum absolute atomic E-state index is 5.68. The van der Waals surface area contributed by atoms with E-state index in [1.54, 1.807) is 14.2 Å². The average molecular weight is 751 g/mol. The van der Waals surface area contributed by atoms with Crippen molar-refractivity contribution < 1.29 is 9.47 Å². The van der Waals surface area contributed by atoms with Gasteiger partial charge in [-0.3, -0.25) is 0 Å². The first-order valence-electron chi connectivity index (χ1n) is 19.3. The van der Waals surface area contributed by atoms with E-state index >= 15 is 0 Å². The largest absolute Gasteiger partial charge is 0.497 e. The molecule has 4 nitrogen and oxygen atoms in total. The lowest BCUT2D eigenvalue weighted by Crippen LogP contribution is -2.29. The van der Waals surface area contributed by atoms with Gasteiger partial charge in [0.1, 0.15) is 22.5 Å². The Bertz CT molecular complexity index is 2740. The molecule has 0 amide bonds. The highest BCUT2D eigenvalue weighted by Crippen LogP contribution is 2.58. The van der Waals surface area contributed by atoms with Crippen LogP contribution in [0, 0.1) is 0 Å². The van der Waals surface area contributed by atoms with Crippen molar-refractivity contribution in [2.75, 3.05) is 14.2 Å². The van der Waals surface area contributed by atoms with E-state index in [4.69, 9.17) is 18.2 Å². The molecule has 0 aliphatic heterocycles. The van der Waals surface area contributed by atoms with Gasteiger partial charge in [-0.25, -0.2) is 0 Å². The van der Waals surface area contributed by atoms with Gasteiger partial charge in [-0.1, -0.05) is 145 Å². The summed E-state index contributed by atoms with van der Waals surface area (Å²) in [5.74, 6) is 1.67. The van der Waals surface area contributed by atoms with Gasteiger partial charge in [0, 0.05) is 5.56 Å². The van der Waals surface area contributed by atoms with E-state index in [2.05, 4.69) is 175 Å². The molecule has 0 unspecified atom stereocenters. The van der Waals surface area contributed by atoms with Gasteiger partial charge in [-0.15, -0.1) is 0 Å². The first-order valence-corrected chi connectivity index (χ1v) is 20.0. The van der Waals surface area contributed by atoms with Crippen LogP contribution in [0.4, 0.5) is 0 Å². The minimum Gasteiger partial charge on any atom is -0.497 e. The number of benzene rings is 7. The van der Waals surface area contributed by atoms with E-state index in [9.17, 15) is 0 Å². The average Bonchev–Trinajstić information content (AvgIpc) is 3.81. The molecule has 56 heavy (non-hydrogen) atoms. The Hall–Kier alpha value is -5.78. The predicted octanol–water partition coefficient (Wildman–Crippen LogP) is 13.2. The highest BCUT2D eigenvalue weighted by Gasteiger charge is 2.47. The zero-order valence-corrected chi connectivity index (χ0v) is 34.1. The summed E-state index contributed by atoms with van der Waals surface area (Å²) in [4.78, 5) is 0. The molecule has 0 fully saturated rings. The van der Waals surface area contributed by atoms with E-state index in [0.29, 0.717) is 0 Å². The fraction of sp³-hybridized carbons (Fsp3) is 0.216. The molecular formula is C51H46N2O2S. The molecule has 5 heteroatoms. The van der Waals surface area contributed by atoms with Crippen LogP contribution in [0.2, 0.25) is 0 Å². The minimum absolute atomic E-state index is 0.0333. The molecule has 9 rings (SSSR count). The Morgan fingerprint density at radius 1 is 0.482 bits per heavy atom. The molecule has 278 valence electrons. The molecule has 0 radical (unpaired) electrons. The third-order valence-electron chi connectivity index (χ3n) is 11.8. The van der Waals surface area contributed by atoms with Crippen LogP contribution in [0.1, 0.15) is 74.9 Å². The van der Waals surface area contributed by atoms with Crippen LogP contribution in [0.15, 0.2) is 133 Å². The summed E-state index contributed by atoms with van der Waals surface area (Å²) in [6.07, 6.45) is 0. The molecule has 1 aliphatic rings. The lowest BCUT2D eigenvalue weighted by molar-refractivity contribution is 0.414. The highest BCUT2D eigenvalue weighted by molar-refractivity contribution is 7.00. The van der Waals surface area contributed by atoms with Crippen LogP contribution in [-0.4, -0.2) is 23.0 Å². The Morgan fingerprint density at radius 3 is 1.59 bits per heavy atom. The van der Waals surface area contributed by atoms with E-state index in [1.807, 2.05) is 0 Å². The molecule has 0 spiro atoms. The van der Waals surface area contributed by atoms with Crippen molar-refractivity contribution in [3.8, 4) is 44.9 Å². The number of nitrogens with zero attached hydrogens (tertiary/aromatic N) is 2. The van der Waals surface area contributed by atoms with Gasteiger partial charge >= 0.3 is 0 Å². The molecule has 0 atom stereocenters. The normalized spacial score (nSPS) is 13.5. The van der Waals surface area contributed by atoms with E-state index in [0.717, 1.165) is 33.7 Å². The van der Waals surface area contributed by atoms with Crippen LogP contribution < -0.4 is 9.47 Å². The summed E-state index contributed by atoms with van der Waals surface area (Å²) in [6, 6.07) is 49.3. The number of aromatic nitrogens is 2. The number of ether oxygens (including phenoxy) is 2. The summed E-state index contributed by atoms with van der Waals surface area (Å²) in [7, 11) is 3.45. The van der Waals surface area contributed by atoms with Gasteiger partial charge in [0.05, 0.1) is 31.4 Å². The molecule has 7 aromatic carbocycles. The molecule has 0 N–H and O–H groups in total. The molecular weight excluding hydrogens is 705 g/mol. The van der Waals surface area contributed by atoms with Crippen LogP contribution in [0.25, 0.3) is 55.2 Å². The van der Waals surface area contributed by atoms with Gasteiger partial charge in [-0.05, 0) is 113 Å². The van der Waals surface area contributed by atoms with Crippen LogP contribution >= 0.6 is 11.7 Å². The number of hydrogen-bond donors (Lipinski definition) is 0. The molecule has 1 aliphatic carbocycles. The Labute approximate surface area is 334 Å². The SMILES string of the molecule is COc1ccc(C2(c3ccc(OC)cc3)c3cc(-c4ccc(-c5ccc(C(C)(C)C)c6nsnc56)c5ccccc45)ccc3-c3ccc(C(C)(C)C)cc32)cc1. The monoisotopic (exact) mass is 750 g/mol. The number of methoxy groups -OCH3 is 2. The maximum Gasteiger partial charge on any atom is 0.118 e. The maximum atomic E-state index is 5.68. The minimum atomic E-state index is -0.603. The standard InChI is InChI=1S/C51H46N2O2S/c1-49(2,3)34-18-24-42-41-23-13-31(29-45(41)51(46(42)30-34,32-14-19-35(54-7)20-15-32)33-16-21-36(55-8)22-17-33)37-25-26-40(39-12-10-9-11-38(37)39)43-27-28-44(50(4,5)6)48-47(43)52-56-53-48/h9-30H,1-8H3. The molecule has 0 bridgehead atoms. The van der Waals surface area contributed by atoms with Crippen molar-refractivity contribution in [1.82, 2.24) is 8.75 Å². The second kappa shape index (κ2) is 13.2. The zero-order valence-electron chi connectivity index (χ0n) is 33.3. The topological polar surface area (TPSA) is 44.2 Å². The lowest BCUT2D eigenvalue weighted by Gasteiger charge is -2.35. The van der Waals surface area contributed by atoms with Crippen molar-refractivity contribution in [2.24, 2.45) is 0 Å². The van der Waals surface area contributed by atoms with Crippen LogP contribution in [0.5, 0.6) is 11.5 Å². The number of rotatable bonds is 6. The van der Waals surface area contributed by atoms with Gasteiger partial charge in [0.25, 0.3) is 0 Å². The summed E-state index contributed by atoms with van der Waals surface area (Å²) in [5, 5.41) is 2.39. The smallest absolute Gasteiger partial charge is 0.118 e. The van der Waals surface area contributed by atoms with Crippen LogP contribution in [-0.2, 0) is 16.2 Å². The van der Waals surface area contributed by atoms with Gasteiger partial charge in [-0.2, -0.15) is 8.75 Å². The first-order chi connectivity index (χ1) is 26.9. The third-order valence-corrected chi connectivity index (χ3v) is 12.3. The molecule has 1 aromatic heterocycles. The van der Waals surface area contributed by atoms with E-state index in [-0.39, 0.29) is 10.8 Å². The molecule has 0 saturated heterocycles. The second-order valence-electron chi connectivity index (χ2n) is 17.1. The van der Waals surface area contributed by atoms with E-state index in [1.165, 1.54) is 78.1 Å². The fourth-order valence-corrected chi connectivity index (χ4v) is 9.48. The van der Waals surface area contributed by atoms with Gasteiger partial charge in [0.15, 0.2) is 0 Å². The molecule has 8 aromatic rings. The number of hydrogen-bond acceptors (Lipinski definition) is 5. The summed E-state index contributed by atoms with van der Waals surface area (Å²) in [6.45, 7) is 13.6. The Balaban J connectivity index is 1.30. The second-order valence-corrected chi connectivity index (χ2v) is 17.6. The third kappa shape index (κ3) is 5.55. The van der Waals surface area contributed by atoms with Crippen molar-refractivity contribution in [1.29, 1.82) is 0 Å². The molecule has 1 heterocycles. The summed E-state index contributed by atoms with van der Waals surface area (Å²) >= 11 is 1.29. The Morgan fingerprint density at radius 2 is 1.00 bits per heavy atom. The highest BCUT2D eigenvalue weighted by atomic mass is 32.1. The number of fused-ring (bicyclic) bond motifs is 5. The van der Waals surface area contributed by atoms with Gasteiger partial charge in [0.2, 0.25) is 0 Å².